The van der Waals surface area contributed by atoms with E-state index in [1.807, 2.05) is 6.08 Å². The van der Waals surface area contributed by atoms with Crippen LogP contribution in [0.2, 0.25) is 0 Å². The van der Waals surface area contributed by atoms with Gasteiger partial charge in [-0.15, -0.1) is 0 Å². The van der Waals surface area contributed by atoms with Crippen LogP contribution in [-0.2, 0) is 14.3 Å². The summed E-state index contributed by atoms with van der Waals surface area (Å²) < 4.78 is 10.1. The van der Waals surface area contributed by atoms with Gasteiger partial charge in [-0.3, -0.25) is 4.79 Å². The predicted octanol–water partition coefficient (Wildman–Crippen LogP) is 1.36. The lowest BCUT2D eigenvalue weighted by molar-refractivity contribution is -0.148. The summed E-state index contributed by atoms with van der Waals surface area (Å²) in [6, 6.07) is 2.07. The lowest BCUT2D eigenvalue weighted by Crippen LogP contribution is -2.28. The van der Waals surface area contributed by atoms with Crippen molar-refractivity contribution in [2.24, 2.45) is 11.8 Å². The van der Waals surface area contributed by atoms with Crippen molar-refractivity contribution in [1.29, 1.82) is 5.26 Å². The Morgan fingerprint density at radius 3 is 3.05 bits per heavy atom. The van der Waals surface area contributed by atoms with Crippen LogP contribution in [0.5, 0.6) is 0 Å². The van der Waals surface area contributed by atoms with Gasteiger partial charge in [-0.2, -0.15) is 5.26 Å². The minimum Gasteiger partial charge on any atom is -0.465 e. The van der Waals surface area contributed by atoms with Crippen molar-refractivity contribution in [1.82, 2.24) is 5.32 Å². The number of hydrogen-bond acceptors (Lipinski definition) is 6. The minimum absolute atomic E-state index is 0.0244. The number of nitriles is 1. The summed E-state index contributed by atoms with van der Waals surface area (Å²) in [5, 5.41) is 21.3. The lowest BCUT2D eigenvalue weighted by atomic mass is 9.84. The number of aliphatic hydroxyl groups is 1. The highest BCUT2D eigenvalue weighted by Gasteiger charge is 2.30. The van der Waals surface area contributed by atoms with E-state index in [-0.39, 0.29) is 19.1 Å². The SMILES string of the molecule is COCCCNC1=CC(C(C#N)C(=O)OCCCO)CCC1. The Labute approximate surface area is 132 Å². The van der Waals surface area contributed by atoms with Crippen LogP contribution in [-0.4, -0.2) is 44.6 Å². The molecule has 1 aliphatic carbocycles. The maximum Gasteiger partial charge on any atom is 0.323 e. The van der Waals surface area contributed by atoms with E-state index < -0.39 is 11.9 Å². The quantitative estimate of drug-likeness (QED) is 0.467. The number of aliphatic hydroxyl groups excluding tert-OH is 1. The van der Waals surface area contributed by atoms with Crippen LogP contribution in [0.1, 0.15) is 32.1 Å². The molecule has 0 fully saturated rings. The van der Waals surface area contributed by atoms with Gasteiger partial charge in [0.05, 0.1) is 12.7 Å². The second-order valence-corrected chi connectivity index (χ2v) is 5.37. The maximum absolute atomic E-state index is 12.0. The van der Waals surface area contributed by atoms with Crippen LogP contribution in [0.25, 0.3) is 0 Å². The first-order chi connectivity index (χ1) is 10.7. The van der Waals surface area contributed by atoms with Gasteiger partial charge in [0, 0.05) is 44.9 Å². The topological polar surface area (TPSA) is 91.6 Å². The van der Waals surface area contributed by atoms with E-state index >= 15 is 0 Å². The van der Waals surface area contributed by atoms with Crippen LogP contribution in [0.4, 0.5) is 0 Å². The number of hydrogen-bond donors (Lipinski definition) is 2. The van der Waals surface area contributed by atoms with Crippen LogP contribution in [0.3, 0.4) is 0 Å². The molecule has 0 amide bonds. The molecule has 0 aromatic carbocycles. The van der Waals surface area contributed by atoms with Gasteiger partial charge in [-0.05, 0) is 25.7 Å². The molecule has 2 unspecified atom stereocenters. The summed E-state index contributed by atoms with van der Waals surface area (Å²) in [6.07, 6.45) is 6.03. The molecule has 0 bridgehead atoms. The van der Waals surface area contributed by atoms with Crippen molar-refractivity contribution in [3.63, 3.8) is 0 Å². The standard InChI is InChI=1S/C16H26N2O4/c1-21-9-3-7-18-14-6-2-5-13(11-14)15(12-17)16(20)22-10-4-8-19/h11,13,15,18-19H,2-10H2,1H3. The van der Waals surface area contributed by atoms with E-state index in [0.29, 0.717) is 13.0 Å². The van der Waals surface area contributed by atoms with E-state index in [2.05, 4.69) is 11.4 Å². The van der Waals surface area contributed by atoms with Crippen molar-refractivity contribution in [2.45, 2.75) is 32.1 Å². The number of ether oxygens (including phenoxy) is 2. The molecule has 1 rings (SSSR count). The summed E-state index contributed by atoms with van der Waals surface area (Å²) in [5.74, 6) is -1.36. The molecule has 124 valence electrons. The second-order valence-electron chi connectivity index (χ2n) is 5.37. The molecular formula is C16H26N2O4. The third-order valence-electron chi connectivity index (χ3n) is 3.64. The van der Waals surface area contributed by atoms with Crippen LogP contribution in [0.15, 0.2) is 11.8 Å². The van der Waals surface area contributed by atoms with Gasteiger partial charge in [0.1, 0.15) is 5.92 Å². The molecule has 0 radical (unpaired) electrons. The highest BCUT2D eigenvalue weighted by Crippen LogP contribution is 2.28. The zero-order valence-electron chi connectivity index (χ0n) is 13.2. The molecule has 0 aromatic rings. The molecule has 1 aliphatic rings. The van der Waals surface area contributed by atoms with E-state index in [9.17, 15) is 10.1 Å². The summed E-state index contributed by atoms with van der Waals surface area (Å²) in [6.45, 7) is 1.67. The number of nitrogens with zero attached hydrogens (tertiary/aromatic N) is 1. The molecule has 0 saturated carbocycles. The van der Waals surface area contributed by atoms with E-state index in [1.54, 1.807) is 7.11 Å². The third kappa shape index (κ3) is 6.46. The first-order valence-electron chi connectivity index (χ1n) is 7.83. The van der Waals surface area contributed by atoms with Crippen molar-refractivity contribution in [2.75, 3.05) is 33.5 Å². The Bertz CT molecular complexity index is 403. The Balaban J connectivity index is 2.52. The second kappa shape index (κ2) is 11.0. The molecule has 2 atom stereocenters. The summed E-state index contributed by atoms with van der Waals surface area (Å²) in [5.41, 5.74) is 1.09. The van der Waals surface area contributed by atoms with Crippen LogP contribution < -0.4 is 5.32 Å². The number of rotatable bonds is 10. The first kappa shape index (κ1) is 18.5. The molecule has 0 aliphatic heterocycles. The number of carbonyl (C=O) groups is 1. The zero-order valence-corrected chi connectivity index (χ0v) is 13.2. The summed E-state index contributed by atoms with van der Waals surface area (Å²) in [4.78, 5) is 12.0. The average molecular weight is 310 g/mol. The van der Waals surface area contributed by atoms with Gasteiger partial charge in [0.2, 0.25) is 0 Å². The molecule has 0 saturated heterocycles. The van der Waals surface area contributed by atoms with Gasteiger partial charge < -0.3 is 19.9 Å². The van der Waals surface area contributed by atoms with Crippen molar-refractivity contribution < 1.29 is 19.4 Å². The molecule has 6 nitrogen and oxygen atoms in total. The van der Waals surface area contributed by atoms with Gasteiger partial charge in [0.15, 0.2) is 0 Å². The van der Waals surface area contributed by atoms with Gasteiger partial charge in [-0.1, -0.05) is 6.08 Å². The average Bonchev–Trinajstić information content (AvgIpc) is 2.53. The van der Waals surface area contributed by atoms with E-state index in [1.165, 1.54) is 0 Å². The number of esters is 1. The fourth-order valence-corrected chi connectivity index (χ4v) is 2.48. The van der Waals surface area contributed by atoms with E-state index in [0.717, 1.165) is 37.9 Å². The highest BCUT2D eigenvalue weighted by atomic mass is 16.5. The van der Waals surface area contributed by atoms with Crippen molar-refractivity contribution >= 4 is 5.97 Å². The Morgan fingerprint density at radius 2 is 2.36 bits per heavy atom. The van der Waals surface area contributed by atoms with Crippen LogP contribution >= 0.6 is 0 Å². The minimum atomic E-state index is -0.769. The Hall–Kier alpha value is -1.58. The largest absolute Gasteiger partial charge is 0.465 e. The number of carbonyl (C=O) groups excluding carboxylic acids is 1. The van der Waals surface area contributed by atoms with Crippen LogP contribution in [0, 0.1) is 23.2 Å². The fourth-order valence-electron chi connectivity index (χ4n) is 2.48. The molecule has 2 N–H and O–H groups in total. The van der Waals surface area contributed by atoms with Crippen molar-refractivity contribution in [3.05, 3.63) is 11.8 Å². The Kier molecular flexibility index (Phi) is 9.28. The Morgan fingerprint density at radius 1 is 1.55 bits per heavy atom. The number of methoxy groups -OCH3 is 1. The fraction of sp³-hybridized carbons (Fsp3) is 0.750. The van der Waals surface area contributed by atoms with Crippen molar-refractivity contribution in [3.8, 4) is 6.07 Å². The maximum atomic E-state index is 12.0. The van der Waals surface area contributed by atoms with Gasteiger partial charge in [-0.25, -0.2) is 0 Å². The highest BCUT2D eigenvalue weighted by molar-refractivity contribution is 5.76. The number of allylic oxidation sites excluding steroid dienone is 2. The first-order valence-corrected chi connectivity index (χ1v) is 7.83. The van der Waals surface area contributed by atoms with E-state index in [4.69, 9.17) is 14.6 Å². The molecule has 0 heterocycles. The van der Waals surface area contributed by atoms with Gasteiger partial charge >= 0.3 is 5.97 Å². The lowest BCUT2D eigenvalue weighted by Gasteiger charge is -2.24. The monoisotopic (exact) mass is 310 g/mol. The normalized spacial score (nSPS) is 19.0. The molecule has 0 spiro atoms. The zero-order chi connectivity index (χ0) is 16.2. The molecule has 6 heteroatoms. The molecular weight excluding hydrogens is 284 g/mol. The van der Waals surface area contributed by atoms with Gasteiger partial charge in [0.25, 0.3) is 0 Å². The number of nitrogens with one attached hydrogen (secondary N) is 1. The predicted molar refractivity (Wildman–Crippen MR) is 81.7 cm³/mol. The summed E-state index contributed by atoms with van der Waals surface area (Å²) in [7, 11) is 1.68. The third-order valence-corrected chi connectivity index (χ3v) is 3.64. The summed E-state index contributed by atoms with van der Waals surface area (Å²) >= 11 is 0. The molecule has 22 heavy (non-hydrogen) atoms. The smallest absolute Gasteiger partial charge is 0.323 e. The molecule has 0 aromatic heterocycles.